The van der Waals surface area contributed by atoms with Crippen LogP contribution >= 0.6 is 7.92 Å². The summed E-state index contributed by atoms with van der Waals surface area (Å²) < 4.78 is 0. The van der Waals surface area contributed by atoms with Gasteiger partial charge < -0.3 is 4.90 Å². The van der Waals surface area contributed by atoms with Crippen molar-refractivity contribution in [2.75, 3.05) is 20.3 Å². The van der Waals surface area contributed by atoms with Crippen molar-refractivity contribution in [1.29, 1.82) is 0 Å². The first kappa shape index (κ1) is 18.7. The van der Waals surface area contributed by atoms with Crippen LogP contribution in [0.15, 0.2) is 65.7 Å². The molecule has 0 amide bonds. The second-order valence-electron chi connectivity index (χ2n) is 7.39. The van der Waals surface area contributed by atoms with E-state index in [1.807, 2.05) is 25.3 Å². The SMILES string of the molecule is CN(C)C=N[C@H](CP(c1ccccc1)c1ccccc1)C(C)(C)C. The van der Waals surface area contributed by atoms with E-state index in [1.165, 1.54) is 10.6 Å². The number of nitrogens with zero attached hydrogens (tertiary/aromatic N) is 2. The van der Waals surface area contributed by atoms with Crippen LogP contribution in [0.5, 0.6) is 0 Å². The molecule has 0 N–H and O–H groups in total. The van der Waals surface area contributed by atoms with Crippen LogP contribution in [-0.2, 0) is 0 Å². The number of aliphatic imine (C=N–C) groups is 1. The lowest BCUT2D eigenvalue weighted by atomic mass is 9.88. The van der Waals surface area contributed by atoms with Crippen LogP contribution in [-0.4, -0.2) is 37.5 Å². The third-order valence-corrected chi connectivity index (χ3v) is 6.52. The van der Waals surface area contributed by atoms with Crippen LogP contribution in [0.2, 0.25) is 0 Å². The molecule has 128 valence electrons. The first-order valence-corrected chi connectivity index (χ1v) is 9.98. The fraction of sp³-hybridized carbons (Fsp3) is 0.381. The molecule has 2 aromatic carbocycles. The van der Waals surface area contributed by atoms with E-state index in [0.29, 0.717) is 0 Å². The molecule has 0 aromatic heterocycles. The lowest BCUT2D eigenvalue weighted by molar-refractivity contribution is 0.344. The molecule has 0 unspecified atom stereocenters. The zero-order valence-corrected chi connectivity index (χ0v) is 16.4. The largest absolute Gasteiger partial charge is 0.369 e. The highest BCUT2D eigenvalue weighted by molar-refractivity contribution is 7.73. The van der Waals surface area contributed by atoms with Gasteiger partial charge in [0.25, 0.3) is 0 Å². The lowest BCUT2D eigenvalue weighted by Crippen LogP contribution is -2.31. The van der Waals surface area contributed by atoms with Crippen LogP contribution in [0.1, 0.15) is 20.8 Å². The van der Waals surface area contributed by atoms with Crippen molar-refractivity contribution in [3.05, 3.63) is 60.7 Å². The third kappa shape index (κ3) is 5.46. The number of hydrogen-bond donors (Lipinski definition) is 0. The fourth-order valence-electron chi connectivity index (χ4n) is 2.51. The van der Waals surface area contributed by atoms with Gasteiger partial charge in [0.1, 0.15) is 0 Å². The summed E-state index contributed by atoms with van der Waals surface area (Å²) in [5.74, 6) is 0. The quantitative estimate of drug-likeness (QED) is 0.439. The van der Waals surface area contributed by atoms with Gasteiger partial charge in [0.2, 0.25) is 0 Å². The highest BCUT2D eigenvalue weighted by atomic mass is 31.1. The van der Waals surface area contributed by atoms with Gasteiger partial charge in [0.05, 0.1) is 12.4 Å². The maximum atomic E-state index is 4.90. The van der Waals surface area contributed by atoms with Gasteiger partial charge in [-0.1, -0.05) is 81.4 Å². The van der Waals surface area contributed by atoms with Crippen LogP contribution in [0.3, 0.4) is 0 Å². The molecule has 0 radical (unpaired) electrons. The number of benzene rings is 2. The Bertz CT molecular complexity index is 590. The van der Waals surface area contributed by atoms with E-state index in [-0.39, 0.29) is 11.5 Å². The second kappa shape index (κ2) is 8.44. The molecule has 0 saturated carbocycles. The van der Waals surface area contributed by atoms with Crippen molar-refractivity contribution >= 4 is 24.9 Å². The summed E-state index contributed by atoms with van der Waals surface area (Å²) in [6, 6.07) is 22.1. The molecule has 2 aromatic rings. The van der Waals surface area contributed by atoms with E-state index in [9.17, 15) is 0 Å². The van der Waals surface area contributed by atoms with E-state index in [0.717, 1.165) is 6.16 Å². The van der Waals surface area contributed by atoms with Gasteiger partial charge in [-0.3, -0.25) is 4.99 Å². The number of hydrogen-bond acceptors (Lipinski definition) is 1. The molecule has 0 bridgehead atoms. The molecule has 0 aliphatic heterocycles. The molecular weight excluding hydrogens is 311 g/mol. The highest BCUT2D eigenvalue weighted by Gasteiger charge is 2.28. The Morgan fingerprint density at radius 1 is 0.917 bits per heavy atom. The van der Waals surface area contributed by atoms with Gasteiger partial charge in [0, 0.05) is 14.1 Å². The van der Waals surface area contributed by atoms with Crippen LogP contribution in [0.25, 0.3) is 0 Å². The molecule has 0 spiro atoms. The summed E-state index contributed by atoms with van der Waals surface area (Å²) in [6.07, 6.45) is 3.02. The van der Waals surface area contributed by atoms with Crippen molar-refractivity contribution in [3.63, 3.8) is 0 Å². The topological polar surface area (TPSA) is 15.6 Å². The predicted molar refractivity (Wildman–Crippen MR) is 109 cm³/mol. The minimum Gasteiger partial charge on any atom is -0.369 e. The van der Waals surface area contributed by atoms with E-state index in [4.69, 9.17) is 4.99 Å². The van der Waals surface area contributed by atoms with Crippen molar-refractivity contribution in [2.45, 2.75) is 26.8 Å². The first-order valence-electron chi connectivity index (χ1n) is 8.45. The van der Waals surface area contributed by atoms with E-state index in [1.54, 1.807) is 0 Å². The minimum atomic E-state index is -0.418. The zero-order chi connectivity index (χ0) is 17.6. The van der Waals surface area contributed by atoms with Gasteiger partial charge in [-0.2, -0.15) is 0 Å². The Morgan fingerprint density at radius 2 is 1.38 bits per heavy atom. The summed E-state index contributed by atoms with van der Waals surface area (Å²) in [5.41, 5.74) is 0.136. The monoisotopic (exact) mass is 340 g/mol. The van der Waals surface area contributed by atoms with Crippen LogP contribution in [0.4, 0.5) is 0 Å². The summed E-state index contributed by atoms with van der Waals surface area (Å²) in [5, 5.41) is 2.85. The molecule has 2 nitrogen and oxygen atoms in total. The summed E-state index contributed by atoms with van der Waals surface area (Å²) >= 11 is 0. The van der Waals surface area contributed by atoms with Crippen molar-refractivity contribution < 1.29 is 0 Å². The van der Waals surface area contributed by atoms with Crippen molar-refractivity contribution in [3.8, 4) is 0 Å². The Balaban J connectivity index is 2.36. The minimum absolute atomic E-state index is 0.136. The molecule has 3 heteroatoms. The van der Waals surface area contributed by atoms with E-state index >= 15 is 0 Å². The summed E-state index contributed by atoms with van der Waals surface area (Å²) in [6.45, 7) is 6.86. The zero-order valence-electron chi connectivity index (χ0n) is 15.5. The van der Waals surface area contributed by atoms with Gasteiger partial charge >= 0.3 is 0 Å². The van der Waals surface area contributed by atoms with Crippen LogP contribution in [0, 0.1) is 5.41 Å². The normalized spacial score (nSPS) is 13.4. The van der Waals surface area contributed by atoms with Gasteiger partial charge in [-0.15, -0.1) is 0 Å². The average molecular weight is 340 g/mol. The summed E-state index contributed by atoms with van der Waals surface area (Å²) in [7, 11) is 3.64. The fourth-order valence-corrected chi connectivity index (χ4v) is 5.28. The maximum absolute atomic E-state index is 4.90. The molecule has 0 saturated heterocycles. The first-order chi connectivity index (χ1) is 11.4. The van der Waals surface area contributed by atoms with E-state index < -0.39 is 7.92 Å². The Labute approximate surface area is 148 Å². The Hall–Kier alpha value is -1.66. The molecule has 24 heavy (non-hydrogen) atoms. The molecule has 0 fully saturated rings. The van der Waals surface area contributed by atoms with Gasteiger partial charge in [-0.05, 0) is 30.1 Å². The smallest absolute Gasteiger partial charge is 0.0848 e. The Kier molecular flexibility index (Phi) is 6.57. The molecule has 0 heterocycles. The van der Waals surface area contributed by atoms with Crippen molar-refractivity contribution in [1.82, 2.24) is 4.90 Å². The predicted octanol–water partition coefficient (Wildman–Crippen LogP) is 4.12. The number of rotatable bonds is 6. The second-order valence-corrected chi connectivity index (χ2v) is 9.65. The molecular formula is C21H29N2P. The molecule has 2 rings (SSSR count). The van der Waals surface area contributed by atoms with Gasteiger partial charge in [0.15, 0.2) is 0 Å². The van der Waals surface area contributed by atoms with Crippen molar-refractivity contribution in [2.24, 2.45) is 10.4 Å². The average Bonchev–Trinajstić information content (AvgIpc) is 2.55. The Morgan fingerprint density at radius 3 is 1.75 bits per heavy atom. The van der Waals surface area contributed by atoms with Crippen LogP contribution < -0.4 is 10.6 Å². The maximum Gasteiger partial charge on any atom is 0.0848 e. The standard InChI is InChI=1S/C21H29N2P/c1-21(2,3)20(22-17-23(4)5)16-24(18-12-8-6-9-13-18)19-14-10-7-11-15-19/h6-15,17,20H,16H2,1-5H3/t20-/m1/s1. The molecule has 0 aliphatic rings. The van der Waals surface area contributed by atoms with Gasteiger partial charge in [-0.25, -0.2) is 0 Å². The molecule has 0 aliphatic carbocycles. The lowest BCUT2D eigenvalue weighted by Gasteiger charge is -2.31. The highest BCUT2D eigenvalue weighted by Crippen LogP contribution is 2.39. The van der Waals surface area contributed by atoms with E-state index in [2.05, 4.69) is 81.4 Å². The molecule has 1 atom stereocenters. The third-order valence-electron chi connectivity index (χ3n) is 3.97. The summed E-state index contributed by atoms with van der Waals surface area (Å²) in [4.78, 5) is 6.92.